The predicted molar refractivity (Wildman–Crippen MR) is 129 cm³/mol. The van der Waals surface area contributed by atoms with Crippen LogP contribution in [0.1, 0.15) is 0 Å². The van der Waals surface area contributed by atoms with Crippen LogP contribution in [0.4, 0.5) is 5.69 Å². The summed E-state index contributed by atoms with van der Waals surface area (Å²) in [5, 5.41) is 5.44. The Morgan fingerprint density at radius 2 is 1.94 bits per heavy atom. The van der Waals surface area contributed by atoms with E-state index in [1.165, 1.54) is 23.0 Å². The fourth-order valence-corrected chi connectivity index (χ4v) is 4.86. The molecule has 0 aliphatic rings. The van der Waals surface area contributed by atoms with Gasteiger partial charge in [-0.1, -0.05) is 35.5 Å². The Hall–Kier alpha value is -3.01. The zero-order valence-corrected chi connectivity index (χ0v) is 19.5. The minimum atomic E-state index is -0.257. The van der Waals surface area contributed by atoms with Crippen LogP contribution in [0, 0.1) is 0 Å². The van der Waals surface area contributed by atoms with E-state index in [2.05, 4.69) is 10.3 Å². The van der Waals surface area contributed by atoms with Crippen molar-refractivity contribution in [1.29, 1.82) is 0 Å². The topological polar surface area (TPSA) is 82.5 Å². The summed E-state index contributed by atoms with van der Waals surface area (Å²) in [7, 11) is 3.07. The van der Waals surface area contributed by atoms with E-state index < -0.39 is 0 Å². The number of carbonyl (C=O) groups excluding carboxylic acids is 1. The molecule has 1 amide bonds. The number of fused-ring (bicyclic) bond motifs is 1. The smallest absolute Gasteiger partial charge is 0.276 e. The maximum absolute atomic E-state index is 13.2. The van der Waals surface area contributed by atoms with Gasteiger partial charge in [0, 0.05) is 11.8 Å². The van der Waals surface area contributed by atoms with Crippen LogP contribution in [0.5, 0.6) is 11.5 Å². The average Bonchev–Trinajstić information content (AvgIpc) is 3.27. The number of thioether (sulfide) groups is 1. The van der Waals surface area contributed by atoms with E-state index in [4.69, 9.17) is 21.1 Å². The molecule has 0 atom stereocenters. The van der Waals surface area contributed by atoms with Crippen molar-refractivity contribution in [2.45, 2.75) is 5.16 Å². The number of hydrogen-bond donors (Lipinski definition) is 1. The standard InChI is InChI=1S/C22H18ClN3O4S2/c1-29-17-8-7-13(11-18(17)30-2)24-19(27)12-32-22-25-15-9-10-31-20(15)21(28)26(22)16-6-4-3-5-14(16)23/h3-11H,12H2,1-2H3,(H,24,27). The molecule has 164 valence electrons. The molecule has 0 aliphatic heterocycles. The van der Waals surface area contributed by atoms with Crippen LogP contribution in [0.25, 0.3) is 15.9 Å². The van der Waals surface area contributed by atoms with Gasteiger partial charge in [0.25, 0.3) is 5.56 Å². The van der Waals surface area contributed by atoms with Gasteiger partial charge in [-0.05, 0) is 35.7 Å². The summed E-state index contributed by atoms with van der Waals surface area (Å²) in [4.78, 5) is 30.4. The maximum Gasteiger partial charge on any atom is 0.276 e. The minimum Gasteiger partial charge on any atom is -0.493 e. The van der Waals surface area contributed by atoms with E-state index >= 15 is 0 Å². The number of carbonyl (C=O) groups is 1. The normalized spacial score (nSPS) is 10.8. The van der Waals surface area contributed by atoms with Crippen LogP contribution >= 0.6 is 34.7 Å². The highest BCUT2D eigenvalue weighted by molar-refractivity contribution is 7.99. The van der Waals surface area contributed by atoms with Gasteiger partial charge in [0.05, 0.1) is 36.2 Å². The number of aromatic nitrogens is 2. The third-order valence-corrected chi connectivity index (χ3v) is 6.69. The number of benzene rings is 2. The van der Waals surface area contributed by atoms with Crippen molar-refractivity contribution in [3.05, 3.63) is 69.3 Å². The Balaban J connectivity index is 1.61. The minimum absolute atomic E-state index is 0.0425. The lowest BCUT2D eigenvalue weighted by Gasteiger charge is -2.13. The van der Waals surface area contributed by atoms with E-state index in [1.807, 2.05) is 5.38 Å². The van der Waals surface area contributed by atoms with E-state index in [-0.39, 0.29) is 17.2 Å². The van der Waals surface area contributed by atoms with Crippen molar-refractivity contribution in [2.75, 3.05) is 25.3 Å². The van der Waals surface area contributed by atoms with Crippen molar-refractivity contribution in [2.24, 2.45) is 0 Å². The molecule has 1 N–H and O–H groups in total. The molecule has 4 rings (SSSR count). The third kappa shape index (κ3) is 4.45. The van der Waals surface area contributed by atoms with Crippen LogP contribution in [0.2, 0.25) is 5.02 Å². The molecule has 0 aliphatic carbocycles. The van der Waals surface area contributed by atoms with Gasteiger partial charge in [-0.3, -0.25) is 14.2 Å². The summed E-state index contributed by atoms with van der Waals surface area (Å²) >= 11 is 8.83. The summed E-state index contributed by atoms with van der Waals surface area (Å²) in [5.74, 6) is 0.862. The lowest BCUT2D eigenvalue weighted by molar-refractivity contribution is -0.113. The fourth-order valence-electron chi connectivity index (χ4n) is 3.08. The van der Waals surface area contributed by atoms with Gasteiger partial charge < -0.3 is 14.8 Å². The van der Waals surface area contributed by atoms with Gasteiger partial charge in [0.2, 0.25) is 5.91 Å². The SMILES string of the molecule is COc1ccc(NC(=O)CSc2nc3ccsc3c(=O)n2-c2ccccc2Cl)cc1OC. The van der Waals surface area contributed by atoms with Gasteiger partial charge in [0.1, 0.15) is 4.70 Å². The van der Waals surface area contributed by atoms with Gasteiger partial charge in [-0.2, -0.15) is 0 Å². The Morgan fingerprint density at radius 1 is 1.16 bits per heavy atom. The maximum atomic E-state index is 13.2. The van der Waals surface area contributed by atoms with Crippen molar-refractivity contribution in [1.82, 2.24) is 9.55 Å². The number of nitrogens with one attached hydrogen (secondary N) is 1. The van der Waals surface area contributed by atoms with E-state index in [9.17, 15) is 9.59 Å². The van der Waals surface area contributed by atoms with Crippen molar-refractivity contribution >= 4 is 56.5 Å². The summed E-state index contributed by atoms with van der Waals surface area (Å²) in [5.41, 5.74) is 1.45. The Bertz CT molecular complexity index is 1350. The Labute approximate surface area is 197 Å². The molecule has 0 saturated carbocycles. The summed E-state index contributed by atoms with van der Waals surface area (Å²) in [6.45, 7) is 0. The zero-order chi connectivity index (χ0) is 22.7. The number of para-hydroxylation sites is 1. The highest BCUT2D eigenvalue weighted by atomic mass is 35.5. The fraction of sp³-hybridized carbons (Fsp3) is 0.136. The molecule has 32 heavy (non-hydrogen) atoms. The molecule has 4 aromatic rings. The predicted octanol–water partition coefficient (Wildman–Crippen LogP) is 4.85. The largest absolute Gasteiger partial charge is 0.493 e. The zero-order valence-electron chi connectivity index (χ0n) is 17.1. The number of amides is 1. The monoisotopic (exact) mass is 487 g/mol. The molecular formula is C22H18ClN3O4S2. The van der Waals surface area contributed by atoms with E-state index in [0.717, 1.165) is 11.8 Å². The molecule has 2 aromatic heterocycles. The van der Waals surface area contributed by atoms with Crippen LogP contribution < -0.4 is 20.3 Å². The summed E-state index contributed by atoms with van der Waals surface area (Å²) in [6, 6.07) is 13.9. The first-order valence-electron chi connectivity index (χ1n) is 9.41. The van der Waals surface area contributed by atoms with Crippen LogP contribution in [-0.2, 0) is 4.79 Å². The van der Waals surface area contributed by atoms with Crippen LogP contribution in [-0.4, -0.2) is 35.4 Å². The molecular weight excluding hydrogens is 470 g/mol. The molecule has 0 fully saturated rings. The van der Waals surface area contributed by atoms with Gasteiger partial charge in [-0.15, -0.1) is 11.3 Å². The highest BCUT2D eigenvalue weighted by Gasteiger charge is 2.17. The van der Waals surface area contributed by atoms with Gasteiger partial charge in [0.15, 0.2) is 16.7 Å². The molecule has 2 aromatic carbocycles. The van der Waals surface area contributed by atoms with Crippen molar-refractivity contribution in [3.8, 4) is 17.2 Å². The van der Waals surface area contributed by atoms with E-state index in [0.29, 0.717) is 43.3 Å². The first-order valence-corrected chi connectivity index (χ1v) is 11.7. The molecule has 2 heterocycles. The number of halogens is 1. The lowest BCUT2D eigenvalue weighted by atomic mass is 10.2. The van der Waals surface area contributed by atoms with Crippen molar-refractivity contribution in [3.63, 3.8) is 0 Å². The Morgan fingerprint density at radius 3 is 2.69 bits per heavy atom. The highest BCUT2D eigenvalue weighted by Crippen LogP contribution is 2.30. The number of hydrogen-bond acceptors (Lipinski definition) is 7. The summed E-state index contributed by atoms with van der Waals surface area (Å²) in [6.07, 6.45) is 0. The number of anilines is 1. The number of methoxy groups -OCH3 is 2. The molecule has 0 radical (unpaired) electrons. The van der Waals surface area contributed by atoms with Crippen LogP contribution in [0.15, 0.2) is 63.9 Å². The molecule has 0 saturated heterocycles. The lowest BCUT2D eigenvalue weighted by Crippen LogP contribution is -2.22. The number of nitrogens with zero attached hydrogens (tertiary/aromatic N) is 2. The Kier molecular flexibility index (Phi) is 6.69. The van der Waals surface area contributed by atoms with Gasteiger partial charge in [-0.25, -0.2) is 4.98 Å². The first-order chi connectivity index (χ1) is 15.5. The molecule has 0 unspecified atom stereocenters. The second-order valence-corrected chi connectivity index (χ2v) is 8.79. The average molecular weight is 488 g/mol. The molecule has 0 bridgehead atoms. The summed E-state index contributed by atoms with van der Waals surface area (Å²) < 4.78 is 12.5. The molecule has 7 nitrogen and oxygen atoms in total. The van der Waals surface area contributed by atoms with Crippen molar-refractivity contribution < 1.29 is 14.3 Å². The molecule has 0 spiro atoms. The number of rotatable bonds is 7. The quantitative estimate of drug-likeness (QED) is 0.296. The molecule has 10 heteroatoms. The number of ether oxygens (including phenoxy) is 2. The van der Waals surface area contributed by atoms with Crippen LogP contribution in [0.3, 0.4) is 0 Å². The second-order valence-electron chi connectivity index (χ2n) is 6.53. The van der Waals surface area contributed by atoms with Gasteiger partial charge >= 0.3 is 0 Å². The number of thiophene rings is 1. The van der Waals surface area contributed by atoms with E-state index in [1.54, 1.807) is 55.6 Å². The second kappa shape index (κ2) is 9.64. The first kappa shape index (κ1) is 22.2. The third-order valence-electron chi connectivity index (χ3n) is 4.54.